The molecular weight excluding hydrogens is 292 g/mol. The average molecular weight is 320 g/mol. The first-order chi connectivity index (χ1) is 11.1. The van der Waals surface area contributed by atoms with Crippen LogP contribution in [0, 0.1) is 12.8 Å². The van der Waals surface area contributed by atoms with Crippen molar-refractivity contribution in [2.75, 3.05) is 26.3 Å². The Morgan fingerprint density at radius 2 is 2.30 bits per heavy atom. The van der Waals surface area contributed by atoms with Gasteiger partial charge in [0.2, 0.25) is 0 Å². The Labute approximate surface area is 138 Å². The Kier molecular flexibility index (Phi) is 6.71. The first-order valence-electron chi connectivity index (χ1n) is 8.50. The topological polar surface area (TPSA) is 61.8 Å². The number of nitrogens with zero attached hydrogens (tertiary/aromatic N) is 1. The summed E-state index contributed by atoms with van der Waals surface area (Å²) in [4.78, 5) is 14.1. The second-order valence-corrected chi connectivity index (χ2v) is 6.23. The number of piperidine rings is 1. The molecule has 128 valence electrons. The van der Waals surface area contributed by atoms with Gasteiger partial charge in [0.25, 0.3) is 0 Å². The van der Waals surface area contributed by atoms with E-state index in [1.54, 1.807) is 4.90 Å². The molecule has 0 spiro atoms. The van der Waals surface area contributed by atoms with Crippen LogP contribution in [0.2, 0.25) is 0 Å². The standard InChI is InChI=1S/C18H28N2O3/c1-3-9-23-17-7-6-16(14(2)10-17)11-19-18(22)20-8-4-5-15(12-20)13-21/h6-7,10,15,21H,3-5,8-9,11-13H2,1-2H3,(H,19,22). The molecule has 0 bridgehead atoms. The van der Waals surface area contributed by atoms with Crippen LogP contribution in [-0.2, 0) is 6.54 Å². The molecule has 1 aliphatic rings. The van der Waals surface area contributed by atoms with Gasteiger partial charge in [-0.05, 0) is 55.4 Å². The van der Waals surface area contributed by atoms with E-state index in [2.05, 4.69) is 12.2 Å². The number of benzene rings is 1. The van der Waals surface area contributed by atoms with Crippen molar-refractivity contribution < 1.29 is 14.6 Å². The molecule has 1 unspecified atom stereocenters. The zero-order valence-electron chi connectivity index (χ0n) is 14.2. The molecule has 1 aromatic carbocycles. The maximum absolute atomic E-state index is 12.3. The lowest BCUT2D eigenvalue weighted by Gasteiger charge is -2.31. The highest BCUT2D eigenvalue weighted by molar-refractivity contribution is 5.74. The fourth-order valence-electron chi connectivity index (χ4n) is 2.86. The first kappa shape index (κ1) is 17.6. The van der Waals surface area contributed by atoms with Crippen LogP contribution < -0.4 is 10.1 Å². The van der Waals surface area contributed by atoms with Gasteiger partial charge in [-0.1, -0.05) is 13.0 Å². The van der Waals surface area contributed by atoms with E-state index < -0.39 is 0 Å². The second kappa shape index (κ2) is 8.77. The zero-order chi connectivity index (χ0) is 16.7. The minimum atomic E-state index is -0.0474. The SMILES string of the molecule is CCCOc1ccc(CNC(=O)N2CCCC(CO)C2)c(C)c1. The number of aliphatic hydroxyl groups excluding tert-OH is 1. The zero-order valence-corrected chi connectivity index (χ0v) is 14.2. The lowest BCUT2D eigenvalue weighted by molar-refractivity contribution is 0.129. The van der Waals surface area contributed by atoms with Crippen molar-refractivity contribution >= 4 is 6.03 Å². The van der Waals surface area contributed by atoms with E-state index in [-0.39, 0.29) is 18.6 Å². The minimum Gasteiger partial charge on any atom is -0.494 e. The smallest absolute Gasteiger partial charge is 0.317 e. The minimum absolute atomic E-state index is 0.0474. The first-order valence-corrected chi connectivity index (χ1v) is 8.50. The summed E-state index contributed by atoms with van der Waals surface area (Å²) in [6.45, 7) is 6.91. The van der Waals surface area contributed by atoms with Crippen LogP contribution in [0.15, 0.2) is 18.2 Å². The largest absolute Gasteiger partial charge is 0.494 e. The molecule has 1 heterocycles. The highest BCUT2D eigenvalue weighted by Crippen LogP contribution is 2.18. The van der Waals surface area contributed by atoms with Crippen LogP contribution >= 0.6 is 0 Å². The van der Waals surface area contributed by atoms with Gasteiger partial charge in [-0.2, -0.15) is 0 Å². The second-order valence-electron chi connectivity index (χ2n) is 6.23. The molecule has 2 N–H and O–H groups in total. The van der Waals surface area contributed by atoms with Gasteiger partial charge in [-0.15, -0.1) is 0 Å². The van der Waals surface area contributed by atoms with E-state index in [0.717, 1.165) is 49.3 Å². The fraction of sp³-hybridized carbons (Fsp3) is 0.611. The Morgan fingerprint density at radius 1 is 1.48 bits per heavy atom. The van der Waals surface area contributed by atoms with Gasteiger partial charge in [0, 0.05) is 26.2 Å². The van der Waals surface area contributed by atoms with Crippen molar-refractivity contribution in [3.05, 3.63) is 29.3 Å². The monoisotopic (exact) mass is 320 g/mol. The molecule has 0 aromatic heterocycles. The number of hydrogen-bond donors (Lipinski definition) is 2. The number of carbonyl (C=O) groups excluding carboxylic acids is 1. The third-order valence-electron chi connectivity index (χ3n) is 4.28. The van der Waals surface area contributed by atoms with Crippen molar-refractivity contribution in [1.29, 1.82) is 0 Å². The number of rotatable bonds is 6. The fourth-order valence-corrected chi connectivity index (χ4v) is 2.86. The number of nitrogens with one attached hydrogen (secondary N) is 1. The number of aliphatic hydroxyl groups is 1. The molecule has 1 aromatic rings. The summed E-state index contributed by atoms with van der Waals surface area (Å²) in [5.74, 6) is 1.09. The third kappa shape index (κ3) is 5.13. The van der Waals surface area contributed by atoms with Gasteiger partial charge in [0.1, 0.15) is 5.75 Å². The number of hydrogen-bond acceptors (Lipinski definition) is 3. The molecule has 5 heteroatoms. The molecule has 1 atom stereocenters. The summed E-state index contributed by atoms with van der Waals surface area (Å²) in [5.41, 5.74) is 2.21. The Bertz CT molecular complexity index is 519. The van der Waals surface area contributed by atoms with Gasteiger partial charge in [-0.3, -0.25) is 0 Å². The highest BCUT2D eigenvalue weighted by atomic mass is 16.5. The molecule has 1 aliphatic heterocycles. The Balaban J connectivity index is 1.86. The number of likely N-dealkylation sites (tertiary alicyclic amines) is 1. The molecule has 2 amide bonds. The van der Waals surface area contributed by atoms with Gasteiger partial charge >= 0.3 is 6.03 Å². The van der Waals surface area contributed by atoms with Crippen LogP contribution in [0.25, 0.3) is 0 Å². The van der Waals surface area contributed by atoms with Gasteiger partial charge in [0.15, 0.2) is 0 Å². The van der Waals surface area contributed by atoms with Crippen molar-refractivity contribution in [1.82, 2.24) is 10.2 Å². The maximum Gasteiger partial charge on any atom is 0.317 e. The van der Waals surface area contributed by atoms with E-state index in [4.69, 9.17) is 4.74 Å². The summed E-state index contributed by atoms with van der Waals surface area (Å²) in [7, 11) is 0. The number of aryl methyl sites for hydroxylation is 1. The van der Waals surface area contributed by atoms with E-state index in [1.165, 1.54) is 0 Å². The molecule has 0 radical (unpaired) electrons. The van der Waals surface area contributed by atoms with E-state index in [1.807, 2.05) is 25.1 Å². The predicted octanol–water partition coefficient (Wildman–Crippen LogP) is 2.70. The molecule has 0 saturated carbocycles. The molecule has 1 fully saturated rings. The number of amides is 2. The lowest BCUT2D eigenvalue weighted by atomic mass is 9.99. The maximum atomic E-state index is 12.3. The van der Waals surface area contributed by atoms with E-state index >= 15 is 0 Å². The molecule has 0 aliphatic carbocycles. The molecule has 5 nitrogen and oxygen atoms in total. The number of carbonyl (C=O) groups is 1. The van der Waals surface area contributed by atoms with Gasteiger partial charge in [0.05, 0.1) is 6.61 Å². The van der Waals surface area contributed by atoms with Crippen LogP contribution in [0.3, 0.4) is 0 Å². The quantitative estimate of drug-likeness (QED) is 0.847. The normalized spacial score (nSPS) is 17.9. The average Bonchev–Trinajstić information content (AvgIpc) is 2.58. The number of urea groups is 1. The Hall–Kier alpha value is -1.75. The van der Waals surface area contributed by atoms with E-state index in [0.29, 0.717) is 13.1 Å². The molecule has 1 saturated heterocycles. The summed E-state index contributed by atoms with van der Waals surface area (Å²) in [6.07, 6.45) is 2.95. The summed E-state index contributed by atoms with van der Waals surface area (Å²) >= 11 is 0. The molecule has 2 rings (SSSR count). The summed E-state index contributed by atoms with van der Waals surface area (Å²) in [6, 6.07) is 5.92. The Morgan fingerprint density at radius 3 is 3.00 bits per heavy atom. The van der Waals surface area contributed by atoms with Crippen molar-refractivity contribution in [3.8, 4) is 5.75 Å². The molecular formula is C18H28N2O3. The van der Waals surface area contributed by atoms with Crippen molar-refractivity contribution in [2.24, 2.45) is 5.92 Å². The highest BCUT2D eigenvalue weighted by Gasteiger charge is 2.22. The third-order valence-corrected chi connectivity index (χ3v) is 4.28. The van der Waals surface area contributed by atoms with Gasteiger partial charge < -0.3 is 20.1 Å². The van der Waals surface area contributed by atoms with Crippen LogP contribution in [0.1, 0.15) is 37.3 Å². The van der Waals surface area contributed by atoms with Gasteiger partial charge in [-0.25, -0.2) is 4.79 Å². The van der Waals surface area contributed by atoms with Crippen LogP contribution in [0.5, 0.6) is 5.75 Å². The predicted molar refractivity (Wildman–Crippen MR) is 90.6 cm³/mol. The number of ether oxygens (including phenoxy) is 1. The summed E-state index contributed by atoms with van der Waals surface area (Å²) < 4.78 is 5.62. The summed E-state index contributed by atoms with van der Waals surface area (Å²) in [5, 5.41) is 12.2. The van der Waals surface area contributed by atoms with Crippen molar-refractivity contribution in [3.63, 3.8) is 0 Å². The van der Waals surface area contributed by atoms with E-state index in [9.17, 15) is 9.90 Å². The lowest BCUT2D eigenvalue weighted by Crippen LogP contribution is -2.46. The van der Waals surface area contributed by atoms with Crippen LogP contribution in [0.4, 0.5) is 4.79 Å². The van der Waals surface area contributed by atoms with Crippen molar-refractivity contribution in [2.45, 2.75) is 39.7 Å². The van der Waals surface area contributed by atoms with Crippen LogP contribution in [-0.4, -0.2) is 42.3 Å². The molecule has 23 heavy (non-hydrogen) atoms.